The van der Waals surface area contributed by atoms with Gasteiger partial charge in [0.25, 0.3) is 5.91 Å². The molecule has 1 amide bonds. The van der Waals surface area contributed by atoms with Crippen LogP contribution in [0.4, 0.5) is 5.13 Å². The number of amides is 1. The lowest BCUT2D eigenvalue weighted by Gasteiger charge is -2.20. The Hall–Kier alpha value is -4.10. The molecule has 7 heteroatoms. The van der Waals surface area contributed by atoms with Gasteiger partial charge in [0.05, 0.1) is 16.5 Å². The normalized spacial score (nSPS) is 11.1. The fourth-order valence-electron chi connectivity index (χ4n) is 4.27. The van der Waals surface area contributed by atoms with Gasteiger partial charge in [-0.2, -0.15) is 0 Å². The number of hydrogen-bond donors (Lipinski definition) is 0. The van der Waals surface area contributed by atoms with Crippen LogP contribution in [0.3, 0.4) is 0 Å². The number of carbonyl (C=O) groups excluding carboxylic acids is 2. The summed E-state index contributed by atoms with van der Waals surface area (Å²) in [5.74, 6) is -0.198. The molecule has 0 atom stereocenters. The number of fused-ring (bicyclic) bond motifs is 1. The first-order valence-electron chi connectivity index (χ1n) is 11.8. The standard InChI is InChI=1S/C29H26N4O2S/c1-20-17-21(2)27-25(18-20)31-29(36-27)33(15-6-14-32-16-13-30-19-32)28(35)24-11-9-23(10-12-24)26(34)22-7-4-3-5-8-22/h3-5,7-13,16-19H,6,14-15H2,1-2H3. The van der Waals surface area contributed by atoms with Crippen LogP contribution < -0.4 is 4.90 Å². The average Bonchev–Trinajstić information content (AvgIpc) is 3.57. The molecule has 0 saturated carbocycles. The molecular weight excluding hydrogens is 468 g/mol. The van der Waals surface area contributed by atoms with E-state index in [1.807, 2.05) is 29.0 Å². The van der Waals surface area contributed by atoms with Gasteiger partial charge in [0.2, 0.25) is 0 Å². The van der Waals surface area contributed by atoms with E-state index in [9.17, 15) is 9.59 Å². The zero-order chi connectivity index (χ0) is 25.1. The number of aromatic nitrogens is 3. The van der Waals surface area contributed by atoms with Crippen molar-refractivity contribution in [2.45, 2.75) is 26.8 Å². The lowest BCUT2D eigenvalue weighted by atomic mass is 10.0. The smallest absolute Gasteiger partial charge is 0.260 e. The minimum atomic E-state index is -0.132. The second kappa shape index (κ2) is 10.3. The third kappa shape index (κ3) is 4.97. The third-order valence-electron chi connectivity index (χ3n) is 6.07. The fraction of sp³-hybridized carbons (Fsp3) is 0.172. The topological polar surface area (TPSA) is 68.1 Å². The lowest BCUT2D eigenvalue weighted by molar-refractivity contribution is 0.0984. The number of benzene rings is 3. The Labute approximate surface area is 213 Å². The largest absolute Gasteiger partial charge is 0.337 e. The number of aryl methyl sites for hydroxylation is 3. The Morgan fingerprint density at radius 2 is 1.67 bits per heavy atom. The predicted molar refractivity (Wildman–Crippen MR) is 144 cm³/mol. The van der Waals surface area contributed by atoms with Crippen molar-refractivity contribution in [1.29, 1.82) is 0 Å². The number of carbonyl (C=O) groups is 2. The molecule has 0 aliphatic rings. The number of thiazole rings is 1. The summed E-state index contributed by atoms with van der Waals surface area (Å²) in [4.78, 5) is 37.2. The number of nitrogens with zero attached hydrogens (tertiary/aromatic N) is 4. The predicted octanol–water partition coefficient (Wildman–Crippen LogP) is 6.08. The fourth-order valence-corrected chi connectivity index (χ4v) is 5.31. The molecule has 0 spiro atoms. The first-order chi connectivity index (χ1) is 17.5. The molecule has 0 N–H and O–H groups in total. The molecular formula is C29H26N4O2S. The SMILES string of the molecule is Cc1cc(C)c2sc(N(CCCn3ccnc3)C(=O)c3ccc(C(=O)c4ccccc4)cc3)nc2c1. The zero-order valence-corrected chi connectivity index (χ0v) is 21.0. The molecule has 0 radical (unpaired) electrons. The molecule has 0 aliphatic carbocycles. The van der Waals surface area contributed by atoms with Crippen LogP contribution >= 0.6 is 11.3 Å². The number of imidazole rings is 1. The summed E-state index contributed by atoms with van der Waals surface area (Å²) < 4.78 is 3.09. The molecule has 180 valence electrons. The van der Waals surface area contributed by atoms with Gasteiger partial charge < -0.3 is 4.57 Å². The van der Waals surface area contributed by atoms with Crippen molar-refractivity contribution in [1.82, 2.24) is 14.5 Å². The van der Waals surface area contributed by atoms with Gasteiger partial charge in [-0.3, -0.25) is 14.5 Å². The highest BCUT2D eigenvalue weighted by Crippen LogP contribution is 2.33. The number of ketones is 1. The highest BCUT2D eigenvalue weighted by molar-refractivity contribution is 7.22. The van der Waals surface area contributed by atoms with Crippen LogP contribution in [-0.2, 0) is 6.54 Å². The highest BCUT2D eigenvalue weighted by atomic mass is 32.1. The molecule has 5 aromatic rings. The van der Waals surface area contributed by atoms with Crippen LogP contribution in [0.2, 0.25) is 0 Å². The van der Waals surface area contributed by atoms with Crippen molar-refractivity contribution >= 4 is 38.4 Å². The van der Waals surface area contributed by atoms with Crippen LogP contribution in [-0.4, -0.2) is 32.8 Å². The minimum Gasteiger partial charge on any atom is -0.337 e. The summed E-state index contributed by atoms with van der Waals surface area (Å²) in [6.07, 6.45) is 6.19. The van der Waals surface area contributed by atoms with E-state index >= 15 is 0 Å². The minimum absolute atomic E-state index is 0.0659. The lowest BCUT2D eigenvalue weighted by Crippen LogP contribution is -2.32. The van der Waals surface area contributed by atoms with E-state index in [1.165, 1.54) is 11.3 Å². The molecule has 0 unspecified atom stereocenters. The van der Waals surface area contributed by atoms with E-state index in [1.54, 1.807) is 53.8 Å². The maximum absolute atomic E-state index is 13.7. The third-order valence-corrected chi connectivity index (χ3v) is 7.30. The van der Waals surface area contributed by atoms with Gasteiger partial charge in [0.1, 0.15) is 0 Å². The van der Waals surface area contributed by atoms with Crippen LogP contribution in [0.5, 0.6) is 0 Å². The Balaban J connectivity index is 1.42. The second-order valence-corrected chi connectivity index (χ2v) is 9.79. The quantitative estimate of drug-likeness (QED) is 0.245. The summed E-state index contributed by atoms with van der Waals surface area (Å²) in [5, 5.41) is 0.679. The van der Waals surface area contributed by atoms with E-state index in [4.69, 9.17) is 4.98 Å². The Morgan fingerprint density at radius 3 is 2.39 bits per heavy atom. The Bertz CT molecular complexity index is 1510. The Morgan fingerprint density at radius 1 is 0.944 bits per heavy atom. The molecule has 36 heavy (non-hydrogen) atoms. The van der Waals surface area contributed by atoms with E-state index in [-0.39, 0.29) is 11.7 Å². The number of anilines is 1. The van der Waals surface area contributed by atoms with Crippen LogP contribution in [0, 0.1) is 13.8 Å². The number of hydrogen-bond acceptors (Lipinski definition) is 5. The summed E-state index contributed by atoms with van der Waals surface area (Å²) in [6, 6.07) is 20.2. The van der Waals surface area contributed by atoms with E-state index in [2.05, 4.69) is 31.0 Å². The Kier molecular flexibility index (Phi) is 6.73. The summed E-state index contributed by atoms with van der Waals surface area (Å²) >= 11 is 1.54. The molecule has 0 saturated heterocycles. The molecule has 3 aromatic carbocycles. The molecule has 0 fully saturated rings. The van der Waals surface area contributed by atoms with E-state index in [0.29, 0.717) is 28.4 Å². The maximum Gasteiger partial charge on any atom is 0.260 e. The second-order valence-electron chi connectivity index (χ2n) is 8.81. The molecule has 2 aromatic heterocycles. The summed E-state index contributed by atoms with van der Waals surface area (Å²) in [7, 11) is 0. The van der Waals surface area contributed by atoms with E-state index < -0.39 is 0 Å². The zero-order valence-electron chi connectivity index (χ0n) is 20.2. The van der Waals surface area contributed by atoms with Crippen molar-refractivity contribution in [2.75, 3.05) is 11.4 Å². The van der Waals surface area contributed by atoms with Crippen LogP contribution in [0.1, 0.15) is 43.8 Å². The van der Waals surface area contributed by atoms with Gasteiger partial charge in [-0.15, -0.1) is 0 Å². The molecule has 5 rings (SSSR count). The van der Waals surface area contributed by atoms with Gasteiger partial charge in [-0.05, 0) is 49.6 Å². The van der Waals surface area contributed by atoms with Crippen LogP contribution in [0.25, 0.3) is 10.2 Å². The van der Waals surface area contributed by atoms with Crippen molar-refractivity contribution in [3.8, 4) is 0 Å². The van der Waals surface area contributed by atoms with Gasteiger partial charge in [-0.1, -0.05) is 59.9 Å². The van der Waals surface area contributed by atoms with Gasteiger partial charge >= 0.3 is 0 Å². The first kappa shape index (κ1) is 23.6. The summed E-state index contributed by atoms with van der Waals surface area (Å²) in [6.45, 7) is 5.39. The monoisotopic (exact) mass is 494 g/mol. The van der Waals surface area contributed by atoms with Gasteiger partial charge in [-0.25, -0.2) is 9.97 Å². The highest BCUT2D eigenvalue weighted by Gasteiger charge is 2.22. The van der Waals surface area contributed by atoms with Crippen molar-refractivity contribution < 1.29 is 9.59 Å². The van der Waals surface area contributed by atoms with Crippen molar-refractivity contribution in [3.05, 3.63) is 113 Å². The summed E-state index contributed by atoms with van der Waals surface area (Å²) in [5.41, 5.74) is 4.91. The van der Waals surface area contributed by atoms with Crippen molar-refractivity contribution in [3.63, 3.8) is 0 Å². The molecule has 2 heterocycles. The average molecular weight is 495 g/mol. The molecule has 0 aliphatic heterocycles. The number of rotatable bonds is 8. The van der Waals surface area contributed by atoms with Crippen LogP contribution in [0.15, 0.2) is 85.5 Å². The van der Waals surface area contributed by atoms with Gasteiger partial charge in [0, 0.05) is 42.2 Å². The van der Waals surface area contributed by atoms with E-state index in [0.717, 1.165) is 34.3 Å². The molecule has 6 nitrogen and oxygen atoms in total. The van der Waals surface area contributed by atoms with Gasteiger partial charge in [0.15, 0.2) is 10.9 Å². The molecule has 0 bridgehead atoms. The first-order valence-corrected chi connectivity index (χ1v) is 12.7. The maximum atomic E-state index is 13.7. The van der Waals surface area contributed by atoms with Crippen molar-refractivity contribution in [2.24, 2.45) is 0 Å².